The molecule has 2 unspecified atom stereocenters. The number of aromatic amines is 1. The molecule has 2 aromatic carbocycles. The van der Waals surface area contributed by atoms with Gasteiger partial charge in [-0.15, -0.1) is 0 Å². The zero-order chi connectivity index (χ0) is 34.1. The van der Waals surface area contributed by atoms with Gasteiger partial charge in [-0.3, -0.25) is 19.4 Å². The van der Waals surface area contributed by atoms with Crippen LogP contribution in [0, 0.1) is 17.6 Å². The Balaban J connectivity index is 1.31. The molecule has 2 amide bonds. The van der Waals surface area contributed by atoms with E-state index in [0.717, 1.165) is 12.1 Å². The number of halogens is 6. The Morgan fingerprint density at radius 2 is 1.81 bits per heavy atom. The standard InChI is InChI=1S/C33H27F6N7O2/c1-14-15(2)33(38,39)30-27(14)29(31(36)37)45-46(30)13-26(47)42-24(7-16-5-19(34)9-20(35)6-16)28-22(10-23-25(43-28)12-41-44-23)17-3-4-21-18(8-17)11-40-32(21)48/h3-6,8-10,12,14-15,24,31H,7,11,13H2,1-2H3,(H,40,48)(H,41,44)(H,42,47)/t14?,15-,24?/m1/s1. The molecule has 48 heavy (non-hydrogen) atoms. The lowest BCUT2D eigenvalue weighted by atomic mass is 9.93. The smallest absolute Gasteiger partial charge is 0.292 e. The van der Waals surface area contributed by atoms with Crippen LogP contribution in [0.25, 0.3) is 22.2 Å². The van der Waals surface area contributed by atoms with Crippen molar-refractivity contribution in [3.05, 3.63) is 99.6 Å². The fourth-order valence-corrected chi connectivity index (χ4v) is 6.70. The van der Waals surface area contributed by atoms with E-state index in [9.17, 15) is 27.2 Å². The Morgan fingerprint density at radius 3 is 2.54 bits per heavy atom. The number of nitrogens with zero attached hydrogens (tertiary/aromatic N) is 4. The quantitative estimate of drug-likeness (QED) is 0.170. The van der Waals surface area contributed by atoms with E-state index in [1.807, 2.05) is 0 Å². The molecule has 1 aliphatic heterocycles. The maximum Gasteiger partial charge on any atom is 0.292 e. The normalized spacial score (nSPS) is 18.6. The maximum atomic E-state index is 15.4. The van der Waals surface area contributed by atoms with Gasteiger partial charge in [-0.2, -0.15) is 19.0 Å². The molecule has 4 heterocycles. The van der Waals surface area contributed by atoms with E-state index < -0.39 is 65.7 Å². The number of hydrogen-bond acceptors (Lipinski definition) is 5. The summed E-state index contributed by atoms with van der Waals surface area (Å²) < 4.78 is 87.9. The van der Waals surface area contributed by atoms with Crippen LogP contribution in [0.5, 0.6) is 0 Å². The predicted octanol–water partition coefficient (Wildman–Crippen LogP) is 6.23. The van der Waals surface area contributed by atoms with Crippen molar-refractivity contribution < 1.29 is 35.9 Å². The highest BCUT2D eigenvalue weighted by atomic mass is 19.3. The monoisotopic (exact) mass is 667 g/mol. The summed E-state index contributed by atoms with van der Waals surface area (Å²) in [4.78, 5) is 30.6. The number of H-pyrrole nitrogens is 1. The third-order valence-corrected chi connectivity index (χ3v) is 9.19. The summed E-state index contributed by atoms with van der Waals surface area (Å²) in [5.74, 6) is -8.60. The molecule has 0 saturated heterocycles. The van der Waals surface area contributed by atoms with Gasteiger partial charge in [0.05, 0.1) is 23.4 Å². The summed E-state index contributed by atoms with van der Waals surface area (Å²) in [6.45, 7) is 2.12. The van der Waals surface area contributed by atoms with Gasteiger partial charge in [0.1, 0.15) is 35.1 Å². The van der Waals surface area contributed by atoms with Crippen LogP contribution in [0.2, 0.25) is 0 Å². The Kier molecular flexibility index (Phi) is 7.51. The second-order valence-electron chi connectivity index (χ2n) is 12.2. The van der Waals surface area contributed by atoms with Crippen molar-refractivity contribution in [1.29, 1.82) is 0 Å². The number of hydrogen-bond donors (Lipinski definition) is 3. The number of carbonyl (C=O) groups excluding carboxylic acids is 2. The first-order chi connectivity index (χ1) is 22.8. The van der Waals surface area contributed by atoms with E-state index in [-0.39, 0.29) is 35.7 Å². The summed E-state index contributed by atoms with van der Waals surface area (Å²) in [6, 6.07) is 8.59. The van der Waals surface area contributed by atoms with E-state index in [1.54, 1.807) is 24.3 Å². The van der Waals surface area contributed by atoms with Crippen molar-refractivity contribution in [3.63, 3.8) is 0 Å². The van der Waals surface area contributed by atoms with Crippen molar-refractivity contribution in [2.75, 3.05) is 0 Å². The van der Waals surface area contributed by atoms with Gasteiger partial charge in [0.2, 0.25) is 5.91 Å². The van der Waals surface area contributed by atoms with E-state index in [4.69, 9.17) is 4.98 Å². The molecule has 7 rings (SSSR count). The molecular weight excluding hydrogens is 640 g/mol. The molecule has 3 N–H and O–H groups in total. The topological polar surface area (TPSA) is 118 Å². The first kappa shape index (κ1) is 31.4. The average molecular weight is 668 g/mol. The van der Waals surface area contributed by atoms with Crippen LogP contribution < -0.4 is 10.6 Å². The highest BCUT2D eigenvalue weighted by Crippen LogP contribution is 2.54. The predicted molar refractivity (Wildman–Crippen MR) is 160 cm³/mol. The largest absolute Gasteiger partial charge is 0.348 e. The summed E-state index contributed by atoms with van der Waals surface area (Å²) >= 11 is 0. The number of benzene rings is 2. The minimum Gasteiger partial charge on any atom is -0.348 e. The van der Waals surface area contributed by atoms with Gasteiger partial charge in [-0.1, -0.05) is 19.9 Å². The van der Waals surface area contributed by atoms with Gasteiger partial charge < -0.3 is 10.6 Å². The summed E-state index contributed by atoms with van der Waals surface area (Å²) in [7, 11) is 0. The van der Waals surface area contributed by atoms with E-state index >= 15 is 8.78 Å². The van der Waals surface area contributed by atoms with Gasteiger partial charge in [0.25, 0.3) is 18.3 Å². The highest BCUT2D eigenvalue weighted by Gasteiger charge is 2.55. The molecule has 1 aliphatic carbocycles. The first-order valence-corrected chi connectivity index (χ1v) is 15.1. The number of nitrogens with one attached hydrogen (secondary N) is 3. The third kappa shape index (κ3) is 5.26. The fraction of sp³-hybridized carbons (Fsp3) is 0.303. The van der Waals surface area contributed by atoms with Gasteiger partial charge in [-0.25, -0.2) is 22.5 Å². The van der Waals surface area contributed by atoms with Crippen LogP contribution in [0.15, 0.2) is 48.7 Å². The summed E-state index contributed by atoms with van der Waals surface area (Å²) in [6.07, 6.45) is -1.90. The summed E-state index contributed by atoms with van der Waals surface area (Å²) in [5, 5.41) is 16.1. The molecule has 0 radical (unpaired) electrons. The molecule has 2 aliphatic rings. The number of pyridine rings is 1. The van der Waals surface area contributed by atoms with Crippen molar-refractivity contribution in [2.24, 2.45) is 5.92 Å². The fourth-order valence-electron chi connectivity index (χ4n) is 6.70. The van der Waals surface area contributed by atoms with Crippen molar-refractivity contribution in [1.82, 2.24) is 35.6 Å². The molecule has 3 atom stereocenters. The molecular formula is C33H27F6N7O2. The Bertz CT molecular complexity index is 2090. The molecule has 248 valence electrons. The first-order valence-electron chi connectivity index (χ1n) is 15.1. The number of carbonyl (C=O) groups is 2. The van der Waals surface area contributed by atoms with Gasteiger partial charge >= 0.3 is 0 Å². The Labute approximate surface area is 268 Å². The number of fused-ring (bicyclic) bond motifs is 3. The van der Waals surface area contributed by atoms with Crippen LogP contribution in [-0.4, -0.2) is 36.8 Å². The molecule has 0 bridgehead atoms. The lowest BCUT2D eigenvalue weighted by Gasteiger charge is -2.23. The molecule has 0 spiro atoms. The highest BCUT2D eigenvalue weighted by molar-refractivity contribution is 5.99. The van der Waals surface area contributed by atoms with E-state index in [1.165, 1.54) is 20.0 Å². The Hall–Kier alpha value is -5.21. The number of rotatable bonds is 8. The van der Waals surface area contributed by atoms with E-state index in [2.05, 4.69) is 25.9 Å². The molecule has 15 heteroatoms. The SMILES string of the molecule is CC1c2c(C(F)F)nn(CC(=O)NC(Cc3cc(F)cc(F)c3)c3nc4cn[nH]c4cc3-c3ccc4c(c3)CNC4=O)c2C(F)(F)[C@@H]1C. The van der Waals surface area contributed by atoms with Crippen molar-refractivity contribution in [2.45, 2.75) is 57.7 Å². The van der Waals surface area contributed by atoms with Crippen LogP contribution in [0.3, 0.4) is 0 Å². The van der Waals surface area contributed by atoms with Crippen LogP contribution in [0.1, 0.15) is 76.4 Å². The molecule has 5 aromatic rings. The lowest BCUT2D eigenvalue weighted by molar-refractivity contribution is -0.123. The second-order valence-corrected chi connectivity index (χ2v) is 12.2. The number of aromatic nitrogens is 5. The van der Waals surface area contributed by atoms with E-state index in [0.29, 0.717) is 44.0 Å². The third-order valence-electron chi connectivity index (χ3n) is 9.19. The molecule has 0 fully saturated rings. The average Bonchev–Trinajstić information content (AvgIpc) is 3.78. The van der Waals surface area contributed by atoms with Crippen molar-refractivity contribution >= 4 is 22.8 Å². The molecule has 9 nitrogen and oxygen atoms in total. The zero-order valence-corrected chi connectivity index (χ0v) is 25.4. The van der Waals surface area contributed by atoms with Crippen LogP contribution in [0.4, 0.5) is 26.3 Å². The van der Waals surface area contributed by atoms with Gasteiger partial charge in [0.15, 0.2) is 0 Å². The molecule has 3 aromatic heterocycles. The second kappa shape index (κ2) is 11.5. The van der Waals surface area contributed by atoms with Gasteiger partial charge in [-0.05, 0) is 59.4 Å². The maximum absolute atomic E-state index is 15.4. The zero-order valence-electron chi connectivity index (χ0n) is 25.4. The van der Waals surface area contributed by atoms with Crippen LogP contribution in [-0.2, 0) is 30.2 Å². The summed E-state index contributed by atoms with van der Waals surface area (Å²) in [5.41, 5.74) is 1.78. The minimum absolute atomic E-state index is 0.149. The van der Waals surface area contributed by atoms with Crippen LogP contribution >= 0.6 is 0 Å². The molecule has 0 saturated carbocycles. The number of alkyl halides is 4. The van der Waals surface area contributed by atoms with Gasteiger partial charge in [0, 0.05) is 35.2 Å². The lowest BCUT2D eigenvalue weighted by Crippen LogP contribution is -2.35. The Morgan fingerprint density at radius 1 is 1.06 bits per heavy atom. The van der Waals surface area contributed by atoms with Crippen molar-refractivity contribution in [3.8, 4) is 11.1 Å². The minimum atomic E-state index is -3.53. The number of amides is 2.